The average Bonchev–Trinajstić information content (AvgIpc) is 2.91. The lowest BCUT2D eigenvalue weighted by molar-refractivity contribution is 0.239. The molecule has 2 atom stereocenters. The van der Waals surface area contributed by atoms with Crippen LogP contribution in [0.15, 0.2) is 0 Å². The summed E-state index contributed by atoms with van der Waals surface area (Å²) in [5, 5.41) is 0.0332. The summed E-state index contributed by atoms with van der Waals surface area (Å²) in [5.41, 5.74) is 0.498. The van der Waals surface area contributed by atoms with Crippen molar-refractivity contribution in [2.75, 3.05) is 12.3 Å². The van der Waals surface area contributed by atoms with Crippen molar-refractivity contribution in [3.8, 4) is 0 Å². The molecule has 0 radical (unpaired) electrons. The highest BCUT2D eigenvalue weighted by molar-refractivity contribution is 7.65. The van der Waals surface area contributed by atoms with Crippen molar-refractivity contribution in [2.45, 2.75) is 65.5 Å². The smallest absolute Gasteiger partial charge is 0.0930 e. The predicted octanol–water partition coefficient (Wildman–Crippen LogP) is 4.99. The maximum atomic E-state index is 12.9. The Balaban J connectivity index is 1.96. The average molecular weight is 256 g/mol. The third-order valence-electron chi connectivity index (χ3n) is 5.17. The van der Waals surface area contributed by atoms with E-state index in [2.05, 4.69) is 34.6 Å². The molecule has 1 aliphatic carbocycles. The molecule has 0 bridgehead atoms. The van der Waals surface area contributed by atoms with Crippen LogP contribution in [0.1, 0.15) is 60.3 Å². The lowest BCUT2D eigenvalue weighted by Crippen LogP contribution is -2.21. The summed E-state index contributed by atoms with van der Waals surface area (Å²) >= 11 is 0. The summed E-state index contributed by atoms with van der Waals surface area (Å²) in [7, 11) is -1.91. The summed E-state index contributed by atoms with van der Waals surface area (Å²) in [6, 6.07) is 0. The molecule has 1 heterocycles. The Bertz CT molecular complexity index is 333. The molecule has 0 spiro atoms. The first-order valence-corrected chi connectivity index (χ1v) is 9.30. The highest BCUT2D eigenvalue weighted by Crippen LogP contribution is 2.65. The summed E-state index contributed by atoms with van der Waals surface area (Å²) in [6.07, 6.45) is 7.39. The van der Waals surface area contributed by atoms with E-state index in [1.165, 1.54) is 25.7 Å². The molecule has 2 heteroatoms. The summed E-state index contributed by atoms with van der Waals surface area (Å²) in [5.74, 6) is 1.69. The van der Waals surface area contributed by atoms with Crippen molar-refractivity contribution in [3.63, 3.8) is 0 Å². The maximum absolute atomic E-state index is 12.9. The van der Waals surface area contributed by atoms with Crippen LogP contribution in [-0.4, -0.2) is 17.5 Å². The van der Waals surface area contributed by atoms with Gasteiger partial charge < -0.3 is 4.57 Å². The van der Waals surface area contributed by atoms with Gasteiger partial charge in [-0.25, -0.2) is 0 Å². The van der Waals surface area contributed by atoms with Gasteiger partial charge in [0.1, 0.15) is 0 Å². The van der Waals surface area contributed by atoms with E-state index in [1.54, 1.807) is 0 Å². The first kappa shape index (κ1) is 13.7. The Morgan fingerprint density at radius 1 is 1.06 bits per heavy atom. The lowest BCUT2D eigenvalue weighted by atomic mass is 9.78. The Kier molecular flexibility index (Phi) is 3.31. The van der Waals surface area contributed by atoms with E-state index in [-0.39, 0.29) is 5.16 Å². The van der Waals surface area contributed by atoms with E-state index in [0.717, 1.165) is 24.2 Å². The normalized spacial score (nSPS) is 35.2. The second-order valence-corrected chi connectivity index (χ2v) is 12.0. The molecule has 0 amide bonds. The van der Waals surface area contributed by atoms with Crippen LogP contribution in [0.3, 0.4) is 0 Å². The van der Waals surface area contributed by atoms with E-state index in [9.17, 15) is 4.57 Å². The van der Waals surface area contributed by atoms with Gasteiger partial charge in [0.05, 0.1) is 7.14 Å². The number of hydrogen-bond acceptors (Lipinski definition) is 1. The minimum absolute atomic E-state index is 0.0332. The minimum atomic E-state index is -1.91. The Morgan fingerprint density at radius 2 is 1.65 bits per heavy atom. The second-order valence-electron chi connectivity index (χ2n) is 8.09. The van der Waals surface area contributed by atoms with Gasteiger partial charge in [-0.15, -0.1) is 0 Å². The first-order chi connectivity index (χ1) is 7.64. The van der Waals surface area contributed by atoms with Crippen LogP contribution < -0.4 is 0 Å². The molecular formula is C15H29OP. The van der Waals surface area contributed by atoms with Crippen LogP contribution in [0.5, 0.6) is 0 Å². The SMILES string of the molecule is CC(C)(CC1CCP(=O)(C(C)(C)C)C1)C1CC1. The van der Waals surface area contributed by atoms with Gasteiger partial charge in [0.2, 0.25) is 0 Å². The molecule has 0 aromatic heterocycles. The van der Waals surface area contributed by atoms with Gasteiger partial charge in [-0.05, 0) is 42.9 Å². The number of hydrogen-bond donors (Lipinski definition) is 0. The van der Waals surface area contributed by atoms with Crippen molar-refractivity contribution in [1.82, 2.24) is 0 Å². The van der Waals surface area contributed by atoms with Gasteiger partial charge in [0, 0.05) is 17.5 Å². The minimum Gasteiger partial charge on any atom is -0.323 e. The molecule has 17 heavy (non-hydrogen) atoms. The van der Waals surface area contributed by atoms with Crippen LogP contribution in [0, 0.1) is 17.3 Å². The molecular weight excluding hydrogens is 227 g/mol. The molecule has 1 saturated heterocycles. The molecule has 2 rings (SSSR count). The summed E-state index contributed by atoms with van der Waals surface area (Å²) in [6.45, 7) is 11.3. The van der Waals surface area contributed by atoms with Crippen molar-refractivity contribution in [3.05, 3.63) is 0 Å². The highest BCUT2D eigenvalue weighted by Gasteiger charge is 2.46. The predicted molar refractivity (Wildman–Crippen MR) is 76.3 cm³/mol. The fourth-order valence-electron chi connectivity index (χ4n) is 3.54. The Morgan fingerprint density at radius 3 is 2.06 bits per heavy atom. The van der Waals surface area contributed by atoms with Gasteiger partial charge in [-0.3, -0.25) is 0 Å². The van der Waals surface area contributed by atoms with E-state index in [4.69, 9.17) is 0 Å². The zero-order chi connectivity index (χ0) is 12.9. The molecule has 2 aliphatic rings. The summed E-state index contributed by atoms with van der Waals surface area (Å²) in [4.78, 5) is 0. The molecule has 1 saturated carbocycles. The first-order valence-electron chi connectivity index (χ1n) is 7.22. The van der Waals surface area contributed by atoms with Gasteiger partial charge in [0.25, 0.3) is 0 Å². The fraction of sp³-hybridized carbons (Fsp3) is 1.00. The van der Waals surface area contributed by atoms with Crippen LogP contribution >= 0.6 is 7.14 Å². The quantitative estimate of drug-likeness (QED) is 0.650. The van der Waals surface area contributed by atoms with Crippen molar-refractivity contribution in [1.29, 1.82) is 0 Å². The van der Waals surface area contributed by atoms with E-state index in [0.29, 0.717) is 5.41 Å². The summed E-state index contributed by atoms with van der Waals surface area (Å²) < 4.78 is 12.9. The largest absolute Gasteiger partial charge is 0.323 e. The van der Waals surface area contributed by atoms with Crippen LogP contribution in [0.4, 0.5) is 0 Å². The molecule has 1 nitrogen and oxygen atoms in total. The van der Waals surface area contributed by atoms with Gasteiger partial charge in [-0.2, -0.15) is 0 Å². The fourth-order valence-corrected chi connectivity index (χ4v) is 6.87. The monoisotopic (exact) mass is 256 g/mol. The molecule has 0 N–H and O–H groups in total. The third-order valence-corrected chi connectivity index (χ3v) is 9.70. The topological polar surface area (TPSA) is 17.1 Å². The van der Waals surface area contributed by atoms with Crippen LogP contribution in [0.25, 0.3) is 0 Å². The van der Waals surface area contributed by atoms with E-state index >= 15 is 0 Å². The molecule has 2 fully saturated rings. The number of rotatable bonds is 3. The molecule has 100 valence electrons. The van der Waals surface area contributed by atoms with Gasteiger partial charge >= 0.3 is 0 Å². The molecule has 0 aromatic rings. The molecule has 2 unspecified atom stereocenters. The lowest BCUT2D eigenvalue weighted by Gasteiger charge is -2.30. The maximum Gasteiger partial charge on any atom is 0.0930 e. The zero-order valence-corrected chi connectivity index (χ0v) is 13.1. The molecule has 0 aromatic carbocycles. The highest BCUT2D eigenvalue weighted by atomic mass is 31.2. The van der Waals surface area contributed by atoms with Crippen molar-refractivity contribution >= 4 is 7.14 Å². The Hall–Kier alpha value is 0.230. The van der Waals surface area contributed by atoms with E-state index in [1.807, 2.05) is 0 Å². The van der Waals surface area contributed by atoms with Gasteiger partial charge in [0.15, 0.2) is 0 Å². The van der Waals surface area contributed by atoms with Gasteiger partial charge in [-0.1, -0.05) is 34.6 Å². The second kappa shape index (κ2) is 4.12. The van der Waals surface area contributed by atoms with Crippen LogP contribution in [-0.2, 0) is 4.57 Å². The van der Waals surface area contributed by atoms with Crippen LogP contribution in [0.2, 0.25) is 0 Å². The van der Waals surface area contributed by atoms with Crippen molar-refractivity contribution in [2.24, 2.45) is 17.3 Å². The van der Waals surface area contributed by atoms with E-state index < -0.39 is 7.14 Å². The Labute approximate surface area is 107 Å². The zero-order valence-electron chi connectivity index (χ0n) is 12.3. The third kappa shape index (κ3) is 2.80. The molecule has 1 aliphatic heterocycles. The van der Waals surface area contributed by atoms with Crippen molar-refractivity contribution < 1.29 is 4.57 Å². The standard InChI is InChI=1S/C15H29OP/c1-14(2,3)17(16)9-8-12(11-17)10-15(4,5)13-6-7-13/h12-13H,6-11H2,1-5H3.